The summed E-state index contributed by atoms with van der Waals surface area (Å²) in [4.78, 5) is 1.22. The number of thiophene rings is 1. The lowest BCUT2D eigenvalue weighted by atomic mass is 10.1. The second-order valence-corrected chi connectivity index (χ2v) is 5.66. The number of nitrogens with one attached hydrogen (secondary N) is 1. The number of hydrogen-bond acceptors (Lipinski definition) is 3. The first-order valence-electron chi connectivity index (χ1n) is 5.87. The molecule has 0 radical (unpaired) electrons. The molecule has 0 fully saturated rings. The molecule has 0 saturated carbocycles. The summed E-state index contributed by atoms with van der Waals surface area (Å²) in [7, 11) is 1.68. The highest BCUT2D eigenvalue weighted by Crippen LogP contribution is 2.32. The Kier molecular flexibility index (Phi) is 4.64. The van der Waals surface area contributed by atoms with Crippen molar-refractivity contribution < 1.29 is 4.74 Å². The van der Waals surface area contributed by atoms with Gasteiger partial charge in [-0.25, -0.2) is 0 Å². The highest BCUT2D eigenvalue weighted by molar-refractivity contribution is 7.16. The van der Waals surface area contributed by atoms with E-state index in [2.05, 4.69) is 30.4 Å². The Balaban J connectivity index is 2.34. The van der Waals surface area contributed by atoms with Crippen molar-refractivity contribution in [3.63, 3.8) is 0 Å². The highest BCUT2D eigenvalue weighted by Gasteiger charge is 2.15. The molecule has 96 valence electrons. The van der Waals surface area contributed by atoms with Crippen LogP contribution in [0.2, 0.25) is 4.34 Å². The standard InChI is InChI=1S/C14H16ClNOS/c1-3-16-14(12-7-8-13(15)18-12)10-5-4-6-11(9-10)17-2/h4-9,14,16H,3H2,1-2H3. The number of ether oxygens (including phenoxy) is 1. The quantitative estimate of drug-likeness (QED) is 0.890. The molecule has 4 heteroatoms. The average molecular weight is 282 g/mol. The minimum atomic E-state index is 0.169. The van der Waals surface area contributed by atoms with Crippen molar-refractivity contribution in [2.75, 3.05) is 13.7 Å². The van der Waals surface area contributed by atoms with Crippen molar-refractivity contribution in [2.24, 2.45) is 0 Å². The van der Waals surface area contributed by atoms with E-state index in [1.807, 2.05) is 18.2 Å². The first-order valence-corrected chi connectivity index (χ1v) is 7.06. The fraction of sp³-hybridized carbons (Fsp3) is 0.286. The molecular formula is C14H16ClNOS. The van der Waals surface area contributed by atoms with Gasteiger partial charge >= 0.3 is 0 Å². The van der Waals surface area contributed by atoms with Gasteiger partial charge in [-0.3, -0.25) is 0 Å². The molecule has 0 amide bonds. The summed E-state index contributed by atoms with van der Waals surface area (Å²) in [5.41, 5.74) is 1.19. The number of halogens is 1. The van der Waals surface area contributed by atoms with Crippen molar-refractivity contribution in [2.45, 2.75) is 13.0 Å². The van der Waals surface area contributed by atoms with Crippen molar-refractivity contribution in [1.82, 2.24) is 5.32 Å². The van der Waals surface area contributed by atoms with E-state index in [9.17, 15) is 0 Å². The second-order valence-electron chi connectivity index (χ2n) is 3.91. The van der Waals surface area contributed by atoms with E-state index in [0.29, 0.717) is 0 Å². The van der Waals surface area contributed by atoms with Gasteiger partial charge in [0.05, 0.1) is 17.5 Å². The second kappa shape index (κ2) is 6.23. The summed E-state index contributed by atoms with van der Waals surface area (Å²) in [6.45, 7) is 3.00. The van der Waals surface area contributed by atoms with Crippen LogP contribution in [0.15, 0.2) is 36.4 Å². The maximum Gasteiger partial charge on any atom is 0.119 e. The fourth-order valence-electron chi connectivity index (χ4n) is 1.89. The lowest BCUT2D eigenvalue weighted by molar-refractivity contribution is 0.413. The molecule has 1 atom stereocenters. The van der Waals surface area contributed by atoms with Crippen molar-refractivity contribution >= 4 is 22.9 Å². The van der Waals surface area contributed by atoms with E-state index in [-0.39, 0.29) is 6.04 Å². The van der Waals surface area contributed by atoms with Crippen molar-refractivity contribution in [3.8, 4) is 5.75 Å². The Morgan fingerprint density at radius 3 is 2.78 bits per heavy atom. The van der Waals surface area contributed by atoms with Crippen LogP contribution in [0.1, 0.15) is 23.4 Å². The van der Waals surface area contributed by atoms with Gasteiger partial charge in [0, 0.05) is 4.88 Å². The summed E-state index contributed by atoms with van der Waals surface area (Å²) in [5.74, 6) is 0.873. The summed E-state index contributed by atoms with van der Waals surface area (Å²) < 4.78 is 6.09. The number of rotatable bonds is 5. The summed E-state index contributed by atoms with van der Waals surface area (Å²) in [5, 5.41) is 3.48. The third kappa shape index (κ3) is 3.05. The molecule has 0 saturated heterocycles. The fourth-order valence-corrected chi connectivity index (χ4v) is 3.06. The van der Waals surface area contributed by atoms with E-state index in [0.717, 1.165) is 16.6 Å². The van der Waals surface area contributed by atoms with Crippen LogP contribution in [-0.4, -0.2) is 13.7 Å². The molecule has 2 aromatic rings. The Bertz CT molecular complexity index is 512. The van der Waals surface area contributed by atoms with E-state index in [1.165, 1.54) is 10.4 Å². The summed E-state index contributed by atoms with van der Waals surface area (Å²) in [6, 6.07) is 12.3. The van der Waals surface area contributed by atoms with Gasteiger partial charge in [-0.15, -0.1) is 11.3 Å². The van der Waals surface area contributed by atoms with Gasteiger partial charge in [0.2, 0.25) is 0 Å². The van der Waals surface area contributed by atoms with Gasteiger partial charge in [0.15, 0.2) is 0 Å². The Morgan fingerprint density at radius 2 is 2.17 bits per heavy atom. The third-order valence-corrected chi connectivity index (χ3v) is 4.01. The van der Waals surface area contributed by atoms with Crippen LogP contribution in [-0.2, 0) is 0 Å². The molecule has 1 aromatic carbocycles. The van der Waals surface area contributed by atoms with Crippen LogP contribution >= 0.6 is 22.9 Å². The predicted octanol–water partition coefficient (Wildman–Crippen LogP) is 4.11. The zero-order valence-corrected chi connectivity index (χ0v) is 12.0. The van der Waals surface area contributed by atoms with Gasteiger partial charge in [0.25, 0.3) is 0 Å². The van der Waals surface area contributed by atoms with E-state index in [1.54, 1.807) is 18.4 Å². The van der Waals surface area contributed by atoms with Crippen LogP contribution in [0.5, 0.6) is 5.75 Å². The zero-order valence-electron chi connectivity index (χ0n) is 10.4. The topological polar surface area (TPSA) is 21.3 Å². The summed E-state index contributed by atoms with van der Waals surface area (Å²) >= 11 is 7.62. The molecule has 0 aliphatic rings. The predicted molar refractivity (Wildman–Crippen MR) is 77.8 cm³/mol. The zero-order chi connectivity index (χ0) is 13.0. The smallest absolute Gasteiger partial charge is 0.119 e. The Morgan fingerprint density at radius 1 is 1.33 bits per heavy atom. The molecule has 2 rings (SSSR count). The maximum atomic E-state index is 6.02. The van der Waals surface area contributed by atoms with E-state index < -0.39 is 0 Å². The van der Waals surface area contributed by atoms with Gasteiger partial charge < -0.3 is 10.1 Å². The first-order chi connectivity index (χ1) is 8.74. The largest absolute Gasteiger partial charge is 0.497 e. The number of hydrogen-bond donors (Lipinski definition) is 1. The molecule has 2 nitrogen and oxygen atoms in total. The molecule has 1 heterocycles. The minimum Gasteiger partial charge on any atom is -0.497 e. The highest BCUT2D eigenvalue weighted by atomic mass is 35.5. The van der Waals surface area contributed by atoms with Crippen molar-refractivity contribution in [1.29, 1.82) is 0 Å². The first kappa shape index (κ1) is 13.4. The van der Waals surface area contributed by atoms with Gasteiger partial charge in [-0.05, 0) is 36.4 Å². The molecule has 0 spiro atoms. The average Bonchev–Trinajstić information content (AvgIpc) is 2.82. The van der Waals surface area contributed by atoms with Gasteiger partial charge in [-0.1, -0.05) is 30.7 Å². The lowest BCUT2D eigenvalue weighted by Gasteiger charge is -2.17. The Labute approximate surface area is 117 Å². The lowest BCUT2D eigenvalue weighted by Crippen LogP contribution is -2.21. The SMILES string of the molecule is CCNC(c1cccc(OC)c1)c1ccc(Cl)s1. The van der Waals surface area contributed by atoms with Gasteiger partial charge in [0.1, 0.15) is 5.75 Å². The van der Waals surface area contributed by atoms with Crippen molar-refractivity contribution in [3.05, 3.63) is 51.2 Å². The maximum absolute atomic E-state index is 6.02. The molecule has 1 unspecified atom stereocenters. The normalized spacial score (nSPS) is 12.4. The van der Waals surface area contributed by atoms with E-state index >= 15 is 0 Å². The van der Waals surface area contributed by atoms with Gasteiger partial charge in [-0.2, -0.15) is 0 Å². The summed E-state index contributed by atoms with van der Waals surface area (Å²) in [6.07, 6.45) is 0. The van der Waals surface area contributed by atoms with Crippen LogP contribution in [0.3, 0.4) is 0 Å². The molecule has 18 heavy (non-hydrogen) atoms. The van der Waals surface area contributed by atoms with Crippen LogP contribution in [0.25, 0.3) is 0 Å². The van der Waals surface area contributed by atoms with Crippen LogP contribution < -0.4 is 10.1 Å². The minimum absolute atomic E-state index is 0.169. The molecular weight excluding hydrogens is 266 g/mol. The Hall–Kier alpha value is -1.03. The number of methoxy groups -OCH3 is 1. The van der Waals surface area contributed by atoms with Crippen LogP contribution in [0.4, 0.5) is 0 Å². The molecule has 0 bridgehead atoms. The number of benzene rings is 1. The monoisotopic (exact) mass is 281 g/mol. The molecule has 1 N–H and O–H groups in total. The molecule has 0 aliphatic heterocycles. The van der Waals surface area contributed by atoms with E-state index in [4.69, 9.17) is 16.3 Å². The third-order valence-electron chi connectivity index (χ3n) is 2.71. The molecule has 1 aromatic heterocycles. The van der Waals surface area contributed by atoms with Crippen LogP contribution in [0, 0.1) is 0 Å². The molecule has 0 aliphatic carbocycles.